The predicted molar refractivity (Wildman–Crippen MR) is 81.1 cm³/mol. The van der Waals surface area contributed by atoms with Crippen LogP contribution >= 0.6 is 0 Å². The minimum Gasteiger partial charge on any atom is -0.493 e. The van der Waals surface area contributed by atoms with Crippen molar-refractivity contribution in [2.75, 3.05) is 14.2 Å². The lowest BCUT2D eigenvalue weighted by molar-refractivity contribution is 0.355. The summed E-state index contributed by atoms with van der Waals surface area (Å²) in [5.74, 6) is 1.51. The van der Waals surface area contributed by atoms with Crippen LogP contribution in [0.25, 0.3) is 6.08 Å². The molecule has 0 spiro atoms. The van der Waals surface area contributed by atoms with Crippen molar-refractivity contribution >= 4 is 14.1 Å². The third-order valence-corrected chi connectivity index (χ3v) is 3.60. The smallest absolute Gasteiger partial charge is 0.161 e. The summed E-state index contributed by atoms with van der Waals surface area (Å²) in [4.78, 5) is 0. The number of methoxy groups -OCH3 is 2. The second kappa shape index (κ2) is 6.45. The molecule has 0 unspecified atom stereocenters. The molecule has 98 valence electrons. The van der Waals surface area contributed by atoms with Crippen molar-refractivity contribution in [3.05, 3.63) is 41.6 Å². The van der Waals surface area contributed by atoms with Crippen LogP contribution in [0.1, 0.15) is 5.56 Å². The lowest BCUT2D eigenvalue weighted by Gasteiger charge is -2.08. The first-order chi connectivity index (χ1) is 8.46. The van der Waals surface area contributed by atoms with Gasteiger partial charge in [-0.15, -0.1) is 0 Å². The van der Waals surface area contributed by atoms with E-state index in [1.54, 1.807) is 14.2 Å². The van der Waals surface area contributed by atoms with Crippen molar-refractivity contribution in [1.29, 1.82) is 0 Å². The van der Waals surface area contributed by atoms with Gasteiger partial charge < -0.3 is 9.47 Å². The zero-order valence-corrected chi connectivity index (χ0v) is 12.9. The highest BCUT2D eigenvalue weighted by molar-refractivity contribution is 6.81. The summed E-state index contributed by atoms with van der Waals surface area (Å²) in [6.45, 7) is 6.94. The molecular formula is C15H22O2Si. The number of ether oxygens (including phenoxy) is 2. The summed E-state index contributed by atoms with van der Waals surface area (Å²) in [6.07, 6.45) is 6.26. The molecule has 0 atom stereocenters. The summed E-state index contributed by atoms with van der Waals surface area (Å²) in [5, 5.41) is 0. The third kappa shape index (κ3) is 4.80. The van der Waals surface area contributed by atoms with E-state index in [0.29, 0.717) is 0 Å². The second-order valence-corrected chi connectivity index (χ2v) is 10.3. The Balaban J connectivity index is 2.80. The van der Waals surface area contributed by atoms with Gasteiger partial charge >= 0.3 is 0 Å². The van der Waals surface area contributed by atoms with Crippen molar-refractivity contribution in [2.45, 2.75) is 19.6 Å². The molecule has 3 heteroatoms. The van der Waals surface area contributed by atoms with Gasteiger partial charge in [0.1, 0.15) is 0 Å². The first-order valence-electron chi connectivity index (χ1n) is 6.04. The van der Waals surface area contributed by atoms with Crippen molar-refractivity contribution in [2.24, 2.45) is 0 Å². The van der Waals surface area contributed by atoms with Crippen LogP contribution in [0.2, 0.25) is 19.6 Å². The van der Waals surface area contributed by atoms with Gasteiger partial charge in [-0.05, 0) is 17.7 Å². The summed E-state index contributed by atoms with van der Waals surface area (Å²) >= 11 is 0. The van der Waals surface area contributed by atoms with Crippen LogP contribution in [0.5, 0.6) is 11.5 Å². The molecule has 18 heavy (non-hydrogen) atoms. The molecule has 0 saturated heterocycles. The molecule has 0 radical (unpaired) electrons. The van der Waals surface area contributed by atoms with Gasteiger partial charge in [0.25, 0.3) is 0 Å². The summed E-state index contributed by atoms with van der Waals surface area (Å²) in [7, 11) is 2.19. The van der Waals surface area contributed by atoms with Crippen LogP contribution < -0.4 is 9.47 Å². The van der Waals surface area contributed by atoms with E-state index in [1.165, 1.54) is 0 Å². The minimum atomic E-state index is -1.10. The SMILES string of the molecule is COc1ccc(/C=C/C=C/[Si](C)(C)C)cc1OC. The normalized spacial score (nSPS) is 12.3. The molecule has 0 bridgehead atoms. The van der Waals surface area contributed by atoms with Crippen LogP contribution in [0.4, 0.5) is 0 Å². The van der Waals surface area contributed by atoms with Gasteiger partial charge in [0, 0.05) is 0 Å². The lowest BCUT2D eigenvalue weighted by atomic mass is 10.2. The molecule has 0 aliphatic rings. The maximum atomic E-state index is 5.27. The van der Waals surface area contributed by atoms with Gasteiger partial charge in [0.05, 0.1) is 22.3 Å². The fraction of sp³-hybridized carbons (Fsp3) is 0.333. The van der Waals surface area contributed by atoms with Crippen LogP contribution in [0.3, 0.4) is 0 Å². The van der Waals surface area contributed by atoms with E-state index in [0.717, 1.165) is 17.1 Å². The number of hydrogen-bond donors (Lipinski definition) is 0. The number of allylic oxidation sites excluding steroid dienone is 2. The molecule has 1 aromatic rings. The molecule has 0 aromatic heterocycles. The van der Waals surface area contributed by atoms with Crippen molar-refractivity contribution in [3.8, 4) is 11.5 Å². The Morgan fingerprint density at radius 3 is 2.17 bits per heavy atom. The van der Waals surface area contributed by atoms with E-state index >= 15 is 0 Å². The van der Waals surface area contributed by atoms with Crippen LogP contribution in [-0.4, -0.2) is 22.3 Å². The first-order valence-corrected chi connectivity index (χ1v) is 9.62. The molecule has 0 fully saturated rings. The largest absolute Gasteiger partial charge is 0.493 e. The zero-order chi connectivity index (χ0) is 13.6. The predicted octanol–water partition coefficient (Wildman–Crippen LogP) is 4.15. The highest BCUT2D eigenvalue weighted by Gasteiger charge is 2.05. The molecule has 0 N–H and O–H groups in total. The Kier molecular flexibility index (Phi) is 5.22. The maximum absolute atomic E-state index is 5.27. The molecule has 0 aliphatic heterocycles. The average Bonchev–Trinajstić information content (AvgIpc) is 2.33. The summed E-state index contributed by atoms with van der Waals surface area (Å²) < 4.78 is 10.5. The Morgan fingerprint density at radius 2 is 1.61 bits per heavy atom. The highest BCUT2D eigenvalue weighted by Crippen LogP contribution is 2.27. The fourth-order valence-corrected chi connectivity index (χ4v) is 2.16. The fourth-order valence-electron chi connectivity index (χ4n) is 1.47. The summed E-state index contributed by atoms with van der Waals surface area (Å²) in [6, 6.07) is 5.90. The van der Waals surface area contributed by atoms with Crippen molar-refractivity contribution < 1.29 is 9.47 Å². The van der Waals surface area contributed by atoms with Gasteiger partial charge in [0.2, 0.25) is 0 Å². The Bertz CT molecular complexity index is 442. The van der Waals surface area contributed by atoms with E-state index in [-0.39, 0.29) is 0 Å². The van der Waals surface area contributed by atoms with E-state index < -0.39 is 8.07 Å². The van der Waals surface area contributed by atoms with Gasteiger partial charge in [-0.1, -0.05) is 49.6 Å². The maximum Gasteiger partial charge on any atom is 0.161 e. The molecule has 0 amide bonds. The molecule has 2 nitrogen and oxygen atoms in total. The van der Waals surface area contributed by atoms with Crippen LogP contribution in [0.15, 0.2) is 36.1 Å². The Labute approximate surface area is 111 Å². The average molecular weight is 262 g/mol. The molecular weight excluding hydrogens is 240 g/mol. The number of benzene rings is 1. The monoisotopic (exact) mass is 262 g/mol. The van der Waals surface area contributed by atoms with Crippen molar-refractivity contribution in [1.82, 2.24) is 0 Å². The molecule has 0 heterocycles. The zero-order valence-electron chi connectivity index (χ0n) is 11.9. The Hall–Kier alpha value is -1.48. The van der Waals surface area contributed by atoms with E-state index in [1.807, 2.05) is 18.2 Å². The van der Waals surface area contributed by atoms with Gasteiger partial charge in [0.15, 0.2) is 11.5 Å². The first kappa shape index (κ1) is 14.6. The van der Waals surface area contributed by atoms with E-state index in [4.69, 9.17) is 9.47 Å². The molecule has 0 saturated carbocycles. The number of hydrogen-bond acceptors (Lipinski definition) is 2. The van der Waals surface area contributed by atoms with Gasteiger partial charge in [-0.3, -0.25) is 0 Å². The van der Waals surface area contributed by atoms with Gasteiger partial charge in [-0.2, -0.15) is 0 Å². The summed E-state index contributed by atoms with van der Waals surface area (Å²) in [5.41, 5.74) is 3.41. The standard InChI is InChI=1S/C15H22O2Si/c1-16-14-10-9-13(12-15(14)17-2)8-6-7-11-18(3,4)5/h6-12H,1-5H3/b8-6+,11-7+. The highest BCUT2D eigenvalue weighted by atomic mass is 28.3. The molecule has 1 rings (SSSR count). The van der Waals surface area contributed by atoms with E-state index in [9.17, 15) is 0 Å². The number of rotatable bonds is 5. The second-order valence-electron chi connectivity index (χ2n) is 5.20. The third-order valence-electron chi connectivity index (χ3n) is 2.40. The topological polar surface area (TPSA) is 18.5 Å². The lowest BCUT2D eigenvalue weighted by Crippen LogP contribution is -2.14. The van der Waals surface area contributed by atoms with Gasteiger partial charge in [-0.25, -0.2) is 0 Å². The quantitative estimate of drug-likeness (QED) is 0.586. The molecule has 1 aromatic carbocycles. The minimum absolute atomic E-state index is 0.757. The Morgan fingerprint density at radius 1 is 0.944 bits per heavy atom. The van der Waals surface area contributed by atoms with Crippen LogP contribution in [-0.2, 0) is 0 Å². The van der Waals surface area contributed by atoms with Crippen molar-refractivity contribution in [3.63, 3.8) is 0 Å². The van der Waals surface area contributed by atoms with E-state index in [2.05, 4.69) is 43.6 Å². The van der Waals surface area contributed by atoms with Crippen LogP contribution in [0, 0.1) is 0 Å². The molecule has 0 aliphatic carbocycles.